The third-order valence-electron chi connectivity index (χ3n) is 3.74. The quantitative estimate of drug-likeness (QED) is 0.621. The highest BCUT2D eigenvalue weighted by molar-refractivity contribution is 5.51. The number of nitrogens with zero attached hydrogens (tertiary/aromatic N) is 1. The summed E-state index contributed by atoms with van der Waals surface area (Å²) in [5, 5.41) is 0. The summed E-state index contributed by atoms with van der Waals surface area (Å²) in [5.74, 6) is 0.811. The second-order valence-corrected chi connectivity index (χ2v) is 4.98. The molecule has 0 aliphatic carbocycles. The molecule has 1 aliphatic rings. The summed E-state index contributed by atoms with van der Waals surface area (Å²) in [6.45, 7) is 5.43. The van der Waals surface area contributed by atoms with E-state index >= 15 is 0 Å². The summed E-state index contributed by atoms with van der Waals surface area (Å²) >= 11 is 0. The number of ether oxygens (including phenoxy) is 1. The number of nitrogen functional groups attached to an aromatic ring is 1. The molecular formula is C15H24N2O. The van der Waals surface area contributed by atoms with Crippen LogP contribution in [-0.4, -0.2) is 30.6 Å². The van der Waals surface area contributed by atoms with Gasteiger partial charge in [0.05, 0.1) is 12.3 Å². The van der Waals surface area contributed by atoms with Gasteiger partial charge in [0, 0.05) is 12.6 Å². The van der Waals surface area contributed by atoms with E-state index in [0.717, 1.165) is 37.1 Å². The smallest absolute Gasteiger partial charge is 0.142 e. The number of anilines is 1. The van der Waals surface area contributed by atoms with E-state index in [9.17, 15) is 0 Å². The van der Waals surface area contributed by atoms with Crippen LogP contribution in [0.5, 0.6) is 5.75 Å². The fourth-order valence-electron chi connectivity index (χ4n) is 2.71. The van der Waals surface area contributed by atoms with Crippen molar-refractivity contribution in [1.29, 1.82) is 0 Å². The van der Waals surface area contributed by atoms with Gasteiger partial charge in [-0.05, 0) is 44.4 Å². The van der Waals surface area contributed by atoms with Gasteiger partial charge in [-0.25, -0.2) is 0 Å². The number of hydrogen-bond donors (Lipinski definition) is 1. The molecule has 2 rings (SSSR count). The number of benzene rings is 1. The Kier molecular flexibility index (Phi) is 4.88. The van der Waals surface area contributed by atoms with E-state index < -0.39 is 0 Å². The first-order valence-corrected chi connectivity index (χ1v) is 7.02. The van der Waals surface area contributed by atoms with Crippen LogP contribution >= 0.6 is 0 Å². The summed E-state index contributed by atoms with van der Waals surface area (Å²) in [6, 6.07) is 8.49. The lowest BCUT2D eigenvalue weighted by molar-refractivity contribution is 0.218. The highest BCUT2D eigenvalue weighted by Crippen LogP contribution is 2.21. The molecule has 0 saturated carbocycles. The zero-order chi connectivity index (χ0) is 12.8. The van der Waals surface area contributed by atoms with E-state index in [1.165, 1.54) is 25.8 Å². The zero-order valence-corrected chi connectivity index (χ0v) is 11.3. The predicted octanol–water partition coefficient (Wildman–Crippen LogP) is 2.91. The van der Waals surface area contributed by atoms with Gasteiger partial charge in [-0.15, -0.1) is 0 Å². The molecule has 3 nitrogen and oxygen atoms in total. The molecule has 0 spiro atoms. The van der Waals surface area contributed by atoms with Gasteiger partial charge in [0.2, 0.25) is 0 Å². The van der Waals surface area contributed by atoms with Crippen molar-refractivity contribution in [3.05, 3.63) is 24.3 Å². The Morgan fingerprint density at radius 3 is 3.00 bits per heavy atom. The lowest BCUT2D eigenvalue weighted by atomic mass is 10.2. The molecule has 2 N–H and O–H groups in total. The van der Waals surface area contributed by atoms with Gasteiger partial charge in [-0.2, -0.15) is 0 Å². The Morgan fingerprint density at radius 1 is 1.39 bits per heavy atom. The molecular weight excluding hydrogens is 224 g/mol. The Morgan fingerprint density at radius 2 is 2.22 bits per heavy atom. The second kappa shape index (κ2) is 6.64. The van der Waals surface area contributed by atoms with Gasteiger partial charge in [0.15, 0.2) is 0 Å². The summed E-state index contributed by atoms with van der Waals surface area (Å²) in [6.07, 6.45) is 5.06. The first-order valence-electron chi connectivity index (χ1n) is 7.02. The van der Waals surface area contributed by atoms with Crippen molar-refractivity contribution in [2.45, 2.75) is 38.6 Å². The van der Waals surface area contributed by atoms with Gasteiger partial charge in [0.1, 0.15) is 5.75 Å². The number of likely N-dealkylation sites (tertiary alicyclic amines) is 1. The maximum absolute atomic E-state index is 5.83. The summed E-state index contributed by atoms with van der Waals surface area (Å²) in [7, 11) is 0. The maximum atomic E-state index is 5.83. The lowest BCUT2D eigenvalue weighted by Gasteiger charge is -2.23. The van der Waals surface area contributed by atoms with E-state index in [1.807, 2.05) is 24.3 Å². The third kappa shape index (κ3) is 3.39. The Labute approximate surface area is 110 Å². The lowest BCUT2D eigenvalue weighted by Crippen LogP contribution is -2.30. The number of rotatable bonds is 6. The summed E-state index contributed by atoms with van der Waals surface area (Å²) in [4.78, 5) is 2.59. The van der Waals surface area contributed by atoms with E-state index in [0.29, 0.717) is 0 Å². The molecule has 0 aromatic heterocycles. The number of para-hydroxylation sites is 2. The van der Waals surface area contributed by atoms with Crippen LogP contribution in [-0.2, 0) is 0 Å². The van der Waals surface area contributed by atoms with Gasteiger partial charge >= 0.3 is 0 Å². The standard InChI is InChI=1S/C15H24N2O/c1-2-13-7-5-10-17(13)11-6-12-18-15-9-4-3-8-14(15)16/h3-4,8-9,13H,2,5-7,10-12,16H2,1H3. The molecule has 1 aliphatic heterocycles. The molecule has 3 heteroatoms. The molecule has 18 heavy (non-hydrogen) atoms. The van der Waals surface area contributed by atoms with Gasteiger partial charge < -0.3 is 15.4 Å². The van der Waals surface area contributed by atoms with E-state index in [4.69, 9.17) is 10.5 Å². The normalized spacial score (nSPS) is 20.2. The van der Waals surface area contributed by atoms with Crippen molar-refractivity contribution in [2.75, 3.05) is 25.4 Å². The molecule has 0 bridgehead atoms. The monoisotopic (exact) mass is 248 g/mol. The van der Waals surface area contributed by atoms with Crippen LogP contribution in [0.4, 0.5) is 5.69 Å². The van der Waals surface area contributed by atoms with Crippen molar-refractivity contribution in [1.82, 2.24) is 4.90 Å². The van der Waals surface area contributed by atoms with Gasteiger partial charge in [0.25, 0.3) is 0 Å². The van der Waals surface area contributed by atoms with Crippen molar-refractivity contribution in [2.24, 2.45) is 0 Å². The minimum Gasteiger partial charge on any atom is -0.491 e. The molecule has 1 atom stereocenters. The highest BCUT2D eigenvalue weighted by Gasteiger charge is 2.21. The minimum absolute atomic E-state index is 0.727. The fourth-order valence-corrected chi connectivity index (χ4v) is 2.71. The SMILES string of the molecule is CCC1CCCN1CCCOc1ccccc1N. The molecule has 1 saturated heterocycles. The van der Waals surface area contributed by atoms with Crippen LogP contribution in [0, 0.1) is 0 Å². The molecule has 0 amide bonds. The zero-order valence-electron chi connectivity index (χ0n) is 11.3. The van der Waals surface area contributed by atoms with Crippen molar-refractivity contribution < 1.29 is 4.74 Å². The van der Waals surface area contributed by atoms with Crippen LogP contribution < -0.4 is 10.5 Å². The van der Waals surface area contributed by atoms with Crippen molar-refractivity contribution in [3.8, 4) is 5.75 Å². The molecule has 1 heterocycles. The molecule has 100 valence electrons. The van der Waals surface area contributed by atoms with E-state index in [-0.39, 0.29) is 0 Å². The van der Waals surface area contributed by atoms with Crippen LogP contribution in [0.2, 0.25) is 0 Å². The van der Waals surface area contributed by atoms with Crippen molar-refractivity contribution >= 4 is 5.69 Å². The van der Waals surface area contributed by atoms with Crippen molar-refractivity contribution in [3.63, 3.8) is 0 Å². The molecule has 1 fully saturated rings. The van der Waals surface area contributed by atoms with Gasteiger partial charge in [-0.1, -0.05) is 19.1 Å². The predicted molar refractivity (Wildman–Crippen MR) is 75.9 cm³/mol. The second-order valence-electron chi connectivity index (χ2n) is 4.98. The topological polar surface area (TPSA) is 38.5 Å². The minimum atomic E-state index is 0.727. The number of hydrogen-bond acceptors (Lipinski definition) is 3. The van der Waals surface area contributed by atoms with E-state index in [1.54, 1.807) is 0 Å². The maximum Gasteiger partial charge on any atom is 0.142 e. The third-order valence-corrected chi connectivity index (χ3v) is 3.74. The molecule has 1 unspecified atom stereocenters. The fraction of sp³-hybridized carbons (Fsp3) is 0.600. The summed E-state index contributed by atoms with van der Waals surface area (Å²) in [5.41, 5.74) is 6.56. The molecule has 1 aromatic rings. The number of nitrogens with two attached hydrogens (primary N) is 1. The highest BCUT2D eigenvalue weighted by atomic mass is 16.5. The van der Waals surface area contributed by atoms with Crippen LogP contribution in [0.1, 0.15) is 32.6 Å². The van der Waals surface area contributed by atoms with Crippen LogP contribution in [0.3, 0.4) is 0 Å². The molecule has 0 radical (unpaired) electrons. The van der Waals surface area contributed by atoms with Gasteiger partial charge in [-0.3, -0.25) is 0 Å². The average molecular weight is 248 g/mol. The van der Waals surface area contributed by atoms with Crippen LogP contribution in [0.15, 0.2) is 24.3 Å². The van der Waals surface area contributed by atoms with Crippen LogP contribution in [0.25, 0.3) is 0 Å². The average Bonchev–Trinajstić information content (AvgIpc) is 2.84. The Hall–Kier alpha value is -1.22. The first-order chi connectivity index (χ1) is 8.81. The van der Waals surface area contributed by atoms with E-state index in [2.05, 4.69) is 11.8 Å². The first kappa shape index (κ1) is 13.2. The Bertz CT molecular complexity index is 367. The molecule has 1 aromatic carbocycles. The summed E-state index contributed by atoms with van der Waals surface area (Å²) < 4.78 is 5.71. The largest absolute Gasteiger partial charge is 0.491 e. The Balaban J connectivity index is 1.68.